The van der Waals surface area contributed by atoms with E-state index in [-0.39, 0.29) is 0 Å². The van der Waals surface area contributed by atoms with Crippen LogP contribution in [-0.4, -0.2) is 6.29 Å². The average Bonchev–Trinajstić information content (AvgIpc) is 2.45. The molecule has 0 aliphatic heterocycles. The normalized spacial score (nSPS) is 11.2. The SMILES string of the molecule is O=[C]C(=Cc1ccccc1)CCc1ccccc1. The molecule has 1 nitrogen and oxygen atoms in total. The molecule has 0 spiro atoms. The molecule has 0 unspecified atom stereocenters. The summed E-state index contributed by atoms with van der Waals surface area (Å²) in [6, 6.07) is 20.0. The number of hydrogen-bond donors (Lipinski definition) is 0. The van der Waals surface area contributed by atoms with Crippen LogP contribution in [0.4, 0.5) is 0 Å². The highest BCUT2D eigenvalue weighted by Gasteiger charge is 1.99. The van der Waals surface area contributed by atoms with Gasteiger partial charge in [-0.05, 0) is 30.0 Å². The fourth-order valence-electron chi connectivity index (χ4n) is 1.83. The van der Waals surface area contributed by atoms with Gasteiger partial charge in [-0.2, -0.15) is 0 Å². The first-order valence-electron chi connectivity index (χ1n) is 6.06. The van der Waals surface area contributed by atoms with Crippen molar-refractivity contribution in [2.45, 2.75) is 12.8 Å². The summed E-state index contributed by atoms with van der Waals surface area (Å²) < 4.78 is 0. The first-order valence-corrected chi connectivity index (χ1v) is 6.06. The molecule has 2 aromatic carbocycles. The predicted molar refractivity (Wildman–Crippen MR) is 74.9 cm³/mol. The van der Waals surface area contributed by atoms with Crippen LogP contribution in [0.3, 0.4) is 0 Å². The van der Waals surface area contributed by atoms with Crippen LogP contribution in [0.15, 0.2) is 66.2 Å². The topological polar surface area (TPSA) is 17.1 Å². The molecule has 0 bridgehead atoms. The molecule has 1 heteroatoms. The fraction of sp³-hybridized carbons (Fsp3) is 0.118. The van der Waals surface area contributed by atoms with Crippen molar-refractivity contribution in [3.63, 3.8) is 0 Å². The van der Waals surface area contributed by atoms with Crippen molar-refractivity contribution < 1.29 is 4.79 Å². The van der Waals surface area contributed by atoms with Crippen LogP contribution < -0.4 is 0 Å². The van der Waals surface area contributed by atoms with Crippen LogP contribution in [0.2, 0.25) is 0 Å². The molecular formula is C17H15O. The van der Waals surface area contributed by atoms with E-state index < -0.39 is 0 Å². The molecular weight excluding hydrogens is 220 g/mol. The number of rotatable bonds is 5. The molecule has 0 saturated heterocycles. The van der Waals surface area contributed by atoms with E-state index >= 15 is 0 Å². The van der Waals surface area contributed by atoms with Gasteiger partial charge in [-0.15, -0.1) is 0 Å². The Morgan fingerprint density at radius 2 is 1.56 bits per heavy atom. The molecule has 0 aliphatic rings. The summed E-state index contributed by atoms with van der Waals surface area (Å²) in [5, 5.41) is 0. The standard InChI is InChI=1S/C17H15O/c18-14-17(13-16-9-5-2-6-10-16)12-11-15-7-3-1-4-8-15/h1-10,13H,11-12H2. The second-order valence-corrected chi connectivity index (χ2v) is 4.17. The molecule has 0 N–H and O–H groups in total. The lowest BCUT2D eigenvalue weighted by molar-refractivity contribution is 0.560. The van der Waals surface area contributed by atoms with Crippen molar-refractivity contribution in [3.05, 3.63) is 77.4 Å². The predicted octanol–water partition coefficient (Wildman–Crippen LogP) is 3.81. The Morgan fingerprint density at radius 1 is 0.944 bits per heavy atom. The van der Waals surface area contributed by atoms with E-state index in [0.29, 0.717) is 5.57 Å². The minimum Gasteiger partial charge on any atom is -0.285 e. The number of allylic oxidation sites excluding steroid dienone is 1. The van der Waals surface area contributed by atoms with Gasteiger partial charge in [-0.3, -0.25) is 4.79 Å². The van der Waals surface area contributed by atoms with E-state index in [1.54, 1.807) is 0 Å². The molecule has 0 atom stereocenters. The van der Waals surface area contributed by atoms with Gasteiger partial charge in [0.1, 0.15) is 0 Å². The highest BCUT2D eigenvalue weighted by atomic mass is 16.1. The third-order valence-electron chi connectivity index (χ3n) is 2.80. The number of carbonyl (C=O) groups excluding carboxylic acids is 1. The summed E-state index contributed by atoms with van der Waals surface area (Å²) in [7, 11) is 0. The van der Waals surface area contributed by atoms with Gasteiger partial charge >= 0.3 is 0 Å². The van der Waals surface area contributed by atoms with Crippen molar-refractivity contribution in [2.75, 3.05) is 0 Å². The molecule has 2 rings (SSSR count). The summed E-state index contributed by atoms with van der Waals surface area (Å²) in [5.41, 5.74) is 3.00. The first-order chi connectivity index (χ1) is 8.88. The molecule has 2 aromatic rings. The summed E-state index contributed by atoms with van der Waals surface area (Å²) >= 11 is 0. The Balaban J connectivity index is 2.02. The van der Waals surface area contributed by atoms with Gasteiger partial charge in [0.25, 0.3) is 0 Å². The molecule has 0 amide bonds. The molecule has 18 heavy (non-hydrogen) atoms. The van der Waals surface area contributed by atoms with Crippen molar-refractivity contribution in [3.8, 4) is 0 Å². The average molecular weight is 235 g/mol. The summed E-state index contributed by atoms with van der Waals surface area (Å²) in [6.45, 7) is 0. The lowest BCUT2D eigenvalue weighted by Crippen LogP contribution is -1.90. The van der Waals surface area contributed by atoms with Gasteiger partial charge in [-0.25, -0.2) is 0 Å². The summed E-state index contributed by atoms with van der Waals surface area (Å²) in [5.74, 6) is 0. The maximum absolute atomic E-state index is 10.9. The van der Waals surface area contributed by atoms with Gasteiger partial charge < -0.3 is 0 Å². The van der Waals surface area contributed by atoms with Gasteiger partial charge in [-0.1, -0.05) is 60.7 Å². The molecule has 0 aliphatic carbocycles. The van der Waals surface area contributed by atoms with Crippen LogP contribution in [0.25, 0.3) is 6.08 Å². The van der Waals surface area contributed by atoms with E-state index in [1.807, 2.05) is 60.9 Å². The van der Waals surface area contributed by atoms with Crippen LogP contribution in [0, 0.1) is 0 Å². The van der Waals surface area contributed by atoms with Crippen LogP contribution in [0.1, 0.15) is 17.5 Å². The zero-order chi connectivity index (χ0) is 12.6. The summed E-state index contributed by atoms with van der Waals surface area (Å²) in [6.07, 6.45) is 5.53. The first kappa shape index (κ1) is 12.3. The molecule has 0 saturated carbocycles. The van der Waals surface area contributed by atoms with E-state index in [4.69, 9.17) is 0 Å². The Morgan fingerprint density at radius 3 is 2.17 bits per heavy atom. The fourth-order valence-corrected chi connectivity index (χ4v) is 1.83. The minimum atomic E-state index is 0.713. The van der Waals surface area contributed by atoms with E-state index in [0.717, 1.165) is 18.4 Å². The monoisotopic (exact) mass is 235 g/mol. The Hall–Kier alpha value is -2.15. The Kier molecular flexibility index (Phi) is 4.48. The molecule has 0 heterocycles. The van der Waals surface area contributed by atoms with Gasteiger partial charge in [0.15, 0.2) is 0 Å². The smallest absolute Gasteiger partial charge is 0.229 e. The number of hydrogen-bond acceptors (Lipinski definition) is 1. The second-order valence-electron chi connectivity index (χ2n) is 4.17. The van der Waals surface area contributed by atoms with Crippen molar-refractivity contribution in [1.82, 2.24) is 0 Å². The molecule has 0 aromatic heterocycles. The Bertz CT molecular complexity index is 512. The minimum absolute atomic E-state index is 0.713. The largest absolute Gasteiger partial charge is 0.285 e. The molecule has 0 fully saturated rings. The number of aryl methyl sites for hydroxylation is 1. The Labute approximate surface area is 108 Å². The maximum atomic E-state index is 10.9. The van der Waals surface area contributed by atoms with Gasteiger partial charge in [0.2, 0.25) is 6.29 Å². The quantitative estimate of drug-likeness (QED) is 0.720. The highest BCUT2D eigenvalue weighted by Crippen LogP contribution is 2.11. The van der Waals surface area contributed by atoms with Crippen molar-refractivity contribution in [1.29, 1.82) is 0 Å². The van der Waals surface area contributed by atoms with Crippen molar-refractivity contribution in [2.24, 2.45) is 0 Å². The zero-order valence-corrected chi connectivity index (χ0v) is 10.2. The third kappa shape index (κ3) is 3.70. The lowest BCUT2D eigenvalue weighted by atomic mass is 10.0. The van der Waals surface area contributed by atoms with Gasteiger partial charge in [0.05, 0.1) is 0 Å². The van der Waals surface area contributed by atoms with E-state index in [9.17, 15) is 4.79 Å². The van der Waals surface area contributed by atoms with Gasteiger partial charge in [0, 0.05) is 5.57 Å². The molecule has 89 valence electrons. The summed E-state index contributed by atoms with van der Waals surface area (Å²) in [4.78, 5) is 10.9. The van der Waals surface area contributed by atoms with Crippen LogP contribution >= 0.6 is 0 Å². The van der Waals surface area contributed by atoms with E-state index in [2.05, 4.69) is 12.1 Å². The maximum Gasteiger partial charge on any atom is 0.229 e. The lowest BCUT2D eigenvalue weighted by Gasteiger charge is -2.01. The highest BCUT2D eigenvalue weighted by molar-refractivity contribution is 5.82. The van der Waals surface area contributed by atoms with Crippen LogP contribution in [-0.2, 0) is 11.2 Å². The van der Waals surface area contributed by atoms with Crippen LogP contribution in [0.5, 0.6) is 0 Å². The second kappa shape index (κ2) is 6.55. The zero-order valence-electron chi connectivity index (χ0n) is 10.2. The number of benzene rings is 2. The van der Waals surface area contributed by atoms with E-state index in [1.165, 1.54) is 5.56 Å². The third-order valence-corrected chi connectivity index (χ3v) is 2.80. The van der Waals surface area contributed by atoms with Crippen molar-refractivity contribution >= 4 is 12.4 Å². The molecule has 1 radical (unpaired) electrons.